The first-order chi connectivity index (χ1) is 6.89. The Morgan fingerprint density at radius 1 is 1.00 bits per heavy atom. The predicted molar refractivity (Wildman–Crippen MR) is 63.7 cm³/mol. The lowest BCUT2D eigenvalue weighted by atomic mass is 10.6. The van der Waals surface area contributed by atoms with Crippen LogP contribution in [0.15, 0.2) is 0 Å². The van der Waals surface area contributed by atoms with Gasteiger partial charge in [-0.15, -0.1) is 0 Å². The highest BCUT2D eigenvalue weighted by Crippen LogP contribution is 2.28. The summed E-state index contributed by atoms with van der Waals surface area (Å²) in [6, 6.07) is 2.40. The van der Waals surface area contributed by atoms with Gasteiger partial charge in [0.2, 0.25) is 8.32 Å². The van der Waals surface area contributed by atoms with Gasteiger partial charge in [0.15, 0.2) is 0 Å². The lowest BCUT2D eigenvalue weighted by Gasteiger charge is -2.28. The highest BCUT2D eigenvalue weighted by atomic mass is 32.3. The molecule has 4 nitrogen and oxygen atoms in total. The molecule has 0 bridgehead atoms. The van der Waals surface area contributed by atoms with Crippen LogP contribution in [0.4, 0.5) is 0 Å². The zero-order valence-electron chi connectivity index (χ0n) is 9.82. The van der Waals surface area contributed by atoms with E-state index < -0.39 is 18.7 Å². The SMILES string of the molecule is CCC[Si](CCC)(CCC)OS(=O)(=O)O. The second-order valence-electron chi connectivity index (χ2n) is 3.94. The van der Waals surface area contributed by atoms with Crippen molar-refractivity contribution in [3.05, 3.63) is 0 Å². The molecule has 0 aromatic carbocycles. The second-order valence-corrected chi connectivity index (χ2v) is 9.33. The molecule has 0 rings (SSSR count). The Bertz CT molecular complexity index is 246. The van der Waals surface area contributed by atoms with E-state index in [0.717, 1.165) is 37.4 Å². The Balaban J connectivity index is 4.75. The Morgan fingerprint density at radius 3 is 1.53 bits per heavy atom. The van der Waals surface area contributed by atoms with Crippen LogP contribution in [0.3, 0.4) is 0 Å². The van der Waals surface area contributed by atoms with Crippen LogP contribution >= 0.6 is 0 Å². The molecule has 0 unspecified atom stereocenters. The minimum absolute atomic E-state index is 0.800. The van der Waals surface area contributed by atoms with Crippen molar-refractivity contribution in [3.63, 3.8) is 0 Å². The molecule has 0 aliphatic carbocycles. The van der Waals surface area contributed by atoms with Crippen molar-refractivity contribution in [2.75, 3.05) is 0 Å². The van der Waals surface area contributed by atoms with Crippen molar-refractivity contribution in [2.45, 2.75) is 58.2 Å². The Kier molecular flexibility index (Phi) is 6.66. The highest BCUT2D eigenvalue weighted by Gasteiger charge is 2.36. The summed E-state index contributed by atoms with van der Waals surface area (Å²) in [5.41, 5.74) is 0. The molecule has 92 valence electrons. The zero-order valence-corrected chi connectivity index (χ0v) is 11.6. The molecule has 0 aromatic rings. The van der Waals surface area contributed by atoms with Crippen molar-refractivity contribution < 1.29 is 16.8 Å². The van der Waals surface area contributed by atoms with Gasteiger partial charge in [-0.2, -0.15) is 8.42 Å². The summed E-state index contributed by atoms with van der Waals surface area (Å²) < 4.78 is 35.5. The largest absolute Gasteiger partial charge is 0.387 e. The summed E-state index contributed by atoms with van der Waals surface area (Å²) in [5.74, 6) is 0. The zero-order chi connectivity index (χ0) is 11.9. The maximum absolute atomic E-state index is 10.8. The molecule has 1 N–H and O–H groups in total. The van der Waals surface area contributed by atoms with Crippen molar-refractivity contribution >= 4 is 18.7 Å². The second kappa shape index (κ2) is 6.62. The molecule has 0 aliphatic rings. The average Bonchev–Trinajstić information content (AvgIpc) is 2.01. The normalized spacial score (nSPS) is 13.1. The summed E-state index contributed by atoms with van der Waals surface area (Å²) in [4.78, 5) is 0. The van der Waals surface area contributed by atoms with Gasteiger partial charge in [-0.25, -0.2) is 0 Å². The van der Waals surface area contributed by atoms with E-state index in [0.29, 0.717) is 0 Å². The fourth-order valence-corrected chi connectivity index (χ4v) is 8.36. The first kappa shape index (κ1) is 15.1. The quantitative estimate of drug-likeness (QED) is 0.534. The van der Waals surface area contributed by atoms with Crippen molar-refractivity contribution in [1.82, 2.24) is 0 Å². The molecule has 15 heavy (non-hydrogen) atoms. The topological polar surface area (TPSA) is 63.6 Å². The molecule has 6 heteroatoms. The average molecular weight is 254 g/mol. The maximum Gasteiger partial charge on any atom is 0.387 e. The van der Waals surface area contributed by atoms with Crippen molar-refractivity contribution in [1.29, 1.82) is 0 Å². The molecule has 0 radical (unpaired) electrons. The first-order valence-corrected chi connectivity index (χ1v) is 9.46. The van der Waals surface area contributed by atoms with Crippen LogP contribution in [-0.2, 0) is 14.3 Å². The number of hydrogen-bond donors (Lipinski definition) is 1. The number of rotatable bonds is 8. The van der Waals surface area contributed by atoms with E-state index in [2.05, 4.69) is 0 Å². The van der Waals surface area contributed by atoms with Gasteiger partial charge in [-0.05, 0) is 18.1 Å². The summed E-state index contributed by atoms with van der Waals surface area (Å²) in [7, 11) is -6.56. The van der Waals surface area contributed by atoms with E-state index in [1.807, 2.05) is 20.8 Å². The molecule has 0 amide bonds. The molecular weight excluding hydrogens is 232 g/mol. The molecule has 0 saturated heterocycles. The van der Waals surface area contributed by atoms with Gasteiger partial charge in [0.05, 0.1) is 0 Å². The molecule has 0 heterocycles. The third kappa shape index (κ3) is 6.29. The third-order valence-electron chi connectivity index (χ3n) is 2.40. The van der Waals surface area contributed by atoms with Crippen LogP contribution in [0.1, 0.15) is 40.0 Å². The summed E-state index contributed by atoms with van der Waals surface area (Å²) in [6.07, 6.45) is 2.71. The molecule has 0 aliphatic heterocycles. The van der Waals surface area contributed by atoms with Gasteiger partial charge >= 0.3 is 10.4 Å². The Labute approximate surface area is 94.1 Å². The molecule has 0 atom stereocenters. The fourth-order valence-electron chi connectivity index (χ4n) is 2.09. The molecule has 0 spiro atoms. The maximum atomic E-state index is 10.8. The fraction of sp³-hybridized carbons (Fsp3) is 1.00. The van der Waals surface area contributed by atoms with Crippen LogP contribution in [-0.4, -0.2) is 21.3 Å². The van der Waals surface area contributed by atoms with E-state index in [1.54, 1.807) is 0 Å². The van der Waals surface area contributed by atoms with Gasteiger partial charge in [0.1, 0.15) is 0 Å². The van der Waals surface area contributed by atoms with Crippen LogP contribution < -0.4 is 0 Å². The van der Waals surface area contributed by atoms with Crippen LogP contribution in [0, 0.1) is 0 Å². The first-order valence-electron chi connectivity index (χ1n) is 5.57. The third-order valence-corrected chi connectivity index (χ3v) is 8.89. The van der Waals surface area contributed by atoms with Crippen LogP contribution in [0.25, 0.3) is 0 Å². The van der Waals surface area contributed by atoms with Crippen LogP contribution in [0.5, 0.6) is 0 Å². The Morgan fingerprint density at radius 2 is 1.33 bits per heavy atom. The number of hydrogen-bond acceptors (Lipinski definition) is 3. The predicted octanol–water partition coefficient (Wildman–Crippen LogP) is 2.98. The van der Waals surface area contributed by atoms with Gasteiger partial charge in [-0.1, -0.05) is 40.0 Å². The summed E-state index contributed by atoms with van der Waals surface area (Å²) in [5, 5.41) is 0. The highest BCUT2D eigenvalue weighted by molar-refractivity contribution is 7.82. The van der Waals surface area contributed by atoms with E-state index in [-0.39, 0.29) is 0 Å². The van der Waals surface area contributed by atoms with Crippen molar-refractivity contribution in [3.8, 4) is 0 Å². The van der Waals surface area contributed by atoms with E-state index in [9.17, 15) is 8.42 Å². The van der Waals surface area contributed by atoms with E-state index >= 15 is 0 Å². The van der Waals surface area contributed by atoms with Gasteiger partial charge in [0.25, 0.3) is 0 Å². The molecule has 0 aromatic heterocycles. The van der Waals surface area contributed by atoms with Gasteiger partial charge in [0, 0.05) is 0 Å². The summed E-state index contributed by atoms with van der Waals surface area (Å²) >= 11 is 0. The summed E-state index contributed by atoms with van der Waals surface area (Å²) in [6.45, 7) is 6.04. The smallest absolute Gasteiger partial charge is 0.294 e. The van der Waals surface area contributed by atoms with E-state index in [4.69, 9.17) is 8.42 Å². The standard InChI is InChI=1S/C9H22O4SSi/c1-4-7-15(8-5-2,9-6-3)13-14(10,11)12/h4-9H2,1-3H3,(H,10,11,12). The van der Waals surface area contributed by atoms with Crippen LogP contribution in [0.2, 0.25) is 18.1 Å². The van der Waals surface area contributed by atoms with Gasteiger partial charge < -0.3 is 0 Å². The molecule has 0 saturated carbocycles. The van der Waals surface area contributed by atoms with Crippen molar-refractivity contribution in [2.24, 2.45) is 0 Å². The molecule has 0 fully saturated rings. The Hall–Kier alpha value is 0.0869. The lowest BCUT2D eigenvalue weighted by molar-refractivity contribution is 0.377. The minimum Gasteiger partial charge on any atom is -0.294 e. The lowest BCUT2D eigenvalue weighted by Crippen LogP contribution is -2.39. The monoisotopic (exact) mass is 254 g/mol. The minimum atomic E-state index is -4.29. The van der Waals surface area contributed by atoms with Gasteiger partial charge in [-0.3, -0.25) is 8.42 Å². The van der Waals surface area contributed by atoms with E-state index in [1.165, 1.54) is 0 Å². The molecular formula is C9H22O4SSi.